The third-order valence-corrected chi connectivity index (χ3v) is 5.91. The second-order valence-corrected chi connectivity index (χ2v) is 8.52. The fraction of sp³-hybridized carbons (Fsp3) is 0.194. The largest absolute Gasteiger partial charge is 0.375 e. The van der Waals surface area contributed by atoms with Crippen LogP contribution in [0.3, 0.4) is 0 Å². The van der Waals surface area contributed by atoms with Gasteiger partial charge in [0, 0.05) is 19.1 Å². The van der Waals surface area contributed by atoms with Crippen molar-refractivity contribution in [3.63, 3.8) is 0 Å². The van der Waals surface area contributed by atoms with Crippen LogP contribution in [0.5, 0.6) is 0 Å². The van der Waals surface area contributed by atoms with Gasteiger partial charge in [-0.05, 0) is 23.1 Å². The maximum atomic E-state index is 7.40. The number of ether oxygens (including phenoxy) is 1. The maximum absolute atomic E-state index is 7.40. The molecule has 0 aliphatic rings. The van der Waals surface area contributed by atoms with Crippen molar-refractivity contribution in [2.24, 2.45) is 0 Å². The van der Waals surface area contributed by atoms with Crippen molar-refractivity contribution >= 4 is 5.69 Å². The number of hydrogen-bond acceptors (Lipinski definition) is 2. The van der Waals surface area contributed by atoms with E-state index >= 15 is 0 Å². The van der Waals surface area contributed by atoms with E-state index in [4.69, 9.17) is 11.3 Å². The lowest BCUT2D eigenvalue weighted by molar-refractivity contribution is 0.0428. The molecule has 1 atom stereocenters. The number of nitrogens with zero attached hydrogens (tertiary/aromatic N) is 2. The van der Waals surface area contributed by atoms with Gasteiger partial charge in [0.15, 0.2) is 5.69 Å². The Morgan fingerprint density at radius 1 is 0.647 bits per heavy atom. The van der Waals surface area contributed by atoms with E-state index in [0.717, 1.165) is 25.1 Å². The lowest BCUT2D eigenvalue weighted by Gasteiger charge is -2.32. The molecule has 4 aromatic rings. The fourth-order valence-corrected chi connectivity index (χ4v) is 4.16. The zero-order valence-electron chi connectivity index (χ0n) is 19.4. The molecule has 0 unspecified atom stereocenters. The Morgan fingerprint density at radius 3 is 1.74 bits per heavy atom. The summed E-state index contributed by atoms with van der Waals surface area (Å²) in [7, 11) is 0. The topological polar surface area (TPSA) is 16.8 Å². The number of rotatable bonds is 11. The van der Waals surface area contributed by atoms with E-state index in [1.807, 2.05) is 36.4 Å². The van der Waals surface area contributed by atoms with Crippen molar-refractivity contribution in [1.82, 2.24) is 4.90 Å². The van der Waals surface area contributed by atoms with Crippen LogP contribution < -0.4 is 0 Å². The third-order valence-electron chi connectivity index (χ3n) is 5.91. The van der Waals surface area contributed by atoms with E-state index in [1.165, 1.54) is 16.7 Å². The van der Waals surface area contributed by atoms with Gasteiger partial charge in [0.2, 0.25) is 0 Å². The van der Waals surface area contributed by atoms with Crippen LogP contribution in [0.2, 0.25) is 0 Å². The molecule has 170 valence electrons. The summed E-state index contributed by atoms with van der Waals surface area (Å²) in [6.07, 6.45) is 0.817. The van der Waals surface area contributed by atoms with Gasteiger partial charge in [0.1, 0.15) is 0 Å². The summed E-state index contributed by atoms with van der Waals surface area (Å²) >= 11 is 0. The van der Waals surface area contributed by atoms with Crippen molar-refractivity contribution in [3.8, 4) is 0 Å². The number of benzene rings is 4. The Kier molecular flexibility index (Phi) is 8.63. The van der Waals surface area contributed by atoms with Gasteiger partial charge in [0.25, 0.3) is 0 Å². The average Bonchev–Trinajstić information content (AvgIpc) is 2.90. The fourth-order valence-electron chi connectivity index (χ4n) is 4.16. The maximum Gasteiger partial charge on any atom is 0.187 e. The lowest BCUT2D eigenvalue weighted by Crippen LogP contribution is -2.39. The molecular weight excluding hydrogens is 416 g/mol. The molecule has 0 amide bonds. The molecule has 0 aliphatic carbocycles. The van der Waals surface area contributed by atoms with Crippen molar-refractivity contribution in [3.05, 3.63) is 149 Å². The molecule has 3 nitrogen and oxygen atoms in total. The third kappa shape index (κ3) is 7.15. The summed E-state index contributed by atoms with van der Waals surface area (Å²) in [6, 6.07) is 39.6. The van der Waals surface area contributed by atoms with Crippen LogP contribution in [0.25, 0.3) is 4.85 Å². The first-order chi connectivity index (χ1) is 16.8. The quantitative estimate of drug-likeness (QED) is 0.229. The minimum absolute atomic E-state index is 0.158. The van der Waals surface area contributed by atoms with E-state index in [9.17, 15) is 0 Å². The van der Waals surface area contributed by atoms with Crippen molar-refractivity contribution in [2.45, 2.75) is 32.2 Å². The van der Waals surface area contributed by atoms with Crippen LogP contribution in [0.4, 0.5) is 5.69 Å². The van der Waals surface area contributed by atoms with Crippen LogP contribution >= 0.6 is 0 Å². The van der Waals surface area contributed by atoms with Gasteiger partial charge in [-0.15, -0.1) is 0 Å². The zero-order valence-corrected chi connectivity index (χ0v) is 19.4. The summed E-state index contributed by atoms with van der Waals surface area (Å²) < 4.78 is 6.26. The zero-order chi connectivity index (χ0) is 23.4. The molecule has 0 aromatic heterocycles. The van der Waals surface area contributed by atoms with Crippen molar-refractivity contribution < 1.29 is 4.74 Å². The van der Waals surface area contributed by atoms with Crippen LogP contribution in [-0.4, -0.2) is 17.5 Å². The second-order valence-electron chi connectivity index (χ2n) is 8.52. The average molecular weight is 447 g/mol. The molecule has 0 aliphatic heterocycles. The molecule has 0 radical (unpaired) electrons. The second kappa shape index (κ2) is 12.5. The molecule has 0 saturated heterocycles. The van der Waals surface area contributed by atoms with Gasteiger partial charge < -0.3 is 4.74 Å². The van der Waals surface area contributed by atoms with E-state index in [-0.39, 0.29) is 6.04 Å². The molecule has 0 bridgehead atoms. The molecular formula is C31H30N2O. The van der Waals surface area contributed by atoms with Crippen molar-refractivity contribution in [2.75, 3.05) is 6.61 Å². The molecule has 0 heterocycles. The highest BCUT2D eigenvalue weighted by atomic mass is 16.5. The van der Waals surface area contributed by atoms with E-state index < -0.39 is 0 Å². The Morgan fingerprint density at radius 2 is 1.18 bits per heavy atom. The molecule has 4 rings (SSSR count). The van der Waals surface area contributed by atoms with Gasteiger partial charge >= 0.3 is 0 Å². The molecule has 0 spiro atoms. The van der Waals surface area contributed by atoms with Gasteiger partial charge in [0.05, 0.1) is 19.8 Å². The Bertz CT molecular complexity index is 1130. The standard InChI is InChI=1S/C31H30N2O/c1-32-30-19-11-18-29(20-30)21-31(25-34-24-28-16-9-4-10-17-28)33(22-26-12-5-2-6-13-26)23-27-14-7-3-8-15-27/h2-20,31H,21-25H2/t31-/m1/s1. The molecule has 4 aromatic carbocycles. The molecule has 34 heavy (non-hydrogen) atoms. The molecule has 0 N–H and O–H groups in total. The highest BCUT2D eigenvalue weighted by Gasteiger charge is 2.21. The van der Waals surface area contributed by atoms with Crippen LogP contribution in [0.15, 0.2) is 115 Å². The summed E-state index contributed by atoms with van der Waals surface area (Å²) in [6.45, 7) is 10.3. The van der Waals surface area contributed by atoms with E-state index in [2.05, 4.69) is 88.6 Å². The van der Waals surface area contributed by atoms with Gasteiger partial charge in [-0.25, -0.2) is 4.85 Å². The summed E-state index contributed by atoms with van der Waals surface area (Å²) in [5.74, 6) is 0. The highest BCUT2D eigenvalue weighted by molar-refractivity contribution is 5.46. The molecule has 3 heteroatoms. The SMILES string of the molecule is [C-]#[N+]c1cccc(C[C@H](COCc2ccccc2)N(Cc2ccccc2)Cc2ccccc2)c1. The van der Waals surface area contributed by atoms with Crippen LogP contribution in [0, 0.1) is 6.57 Å². The Balaban J connectivity index is 1.58. The number of hydrogen-bond donors (Lipinski definition) is 0. The van der Waals surface area contributed by atoms with E-state index in [1.54, 1.807) is 0 Å². The van der Waals surface area contributed by atoms with Crippen molar-refractivity contribution in [1.29, 1.82) is 0 Å². The lowest BCUT2D eigenvalue weighted by atomic mass is 10.0. The minimum Gasteiger partial charge on any atom is -0.375 e. The highest BCUT2D eigenvalue weighted by Crippen LogP contribution is 2.21. The predicted molar refractivity (Wildman–Crippen MR) is 138 cm³/mol. The van der Waals surface area contributed by atoms with Gasteiger partial charge in [-0.2, -0.15) is 0 Å². The summed E-state index contributed by atoms with van der Waals surface area (Å²) in [4.78, 5) is 6.13. The van der Waals surface area contributed by atoms with E-state index in [0.29, 0.717) is 18.9 Å². The first kappa shape index (κ1) is 23.4. The Hall–Kier alpha value is -3.71. The summed E-state index contributed by atoms with van der Waals surface area (Å²) in [5.41, 5.74) is 5.57. The normalized spacial score (nSPS) is 11.8. The minimum atomic E-state index is 0.158. The Labute approximate surface area is 203 Å². The summed E-state index contributed by atoms with van der Waals surface area (Å²) in [5, 5.41) is 0. The molecule has 0 fully saturated rings. The first-order valence-electron chi connectivity index (χ1n) is 11.7. The van der Waals surface area contributed by atoms with Crippen LogP contribution in [0.1, 0.15) is 22.3 Å². The van der Waals surface area contributed by atoms with Gasteiger partial charge in [-0.1, -0.05) is 121 Å². The monoisotopic (exact) mass is 446 g/mol. The smallest absolute Gasteiger partial charge is 0.187 e. The first-order valence-corrected chi connectivity index (χ1v) is 11.7. The molecule has 0 saturated carbocycles. The van der Waals surface area contributed by atoms with Gasteiger partial charge in [-0.3, -0.25) is 4.90 Å². The van der Waals surface area contributed by atoms with Crippen LogP contribution in [-0.2, 0) is 30.9 Å². The predicted octanol–water partition coefficient (Wildman–Crippen LogP) is 7.07.